The Hall–Kier alpha value is -3.33. The number of hydrogen-bond acceptors (Lipinski definition) is 5. The van der Waals surface area contributed by atoms with Gasteiger partial charge in [0.25, 0.3) is 0 Å². The predicted octanol–water partition coefficient (Wildman–Crippen LogP) is 3.23. The molecule has 0 aromatic heterocycles. The number of hydrogen-bond donors (Lipinski definition) is 1. The van der Waals surface area contributed by atoms with Crippen LogP contribution in [-0.2, 0) is 27.2 Å². The number of carbonyl (C=O) groups excluding carboxylic acids is 2. The second kappa shape index (κ2) is 8.34. The van der Waals surface area contributed by atoms with Crippen molar-refractivity contribution < 1.29 is 19.5 Å². The van der Waals surface area contributed by atoms with Crippen LogP contribution in [-0.4, -0.2) is 23.2 Å². The van der Waals surface area contributed by atoms with Gasteiger partial charge in [0.05, 0.1) is 11.4 Å². The molecule has 24 heavy (non-hydrogen) atoms. The molecule has 0 spiro atoms. The van der Waals surface area contributed by atoms with Gasteiger partial charge in [-0.15, -0.1) is 0 Å². The summed E-state index contributed by atoms with van der Waals surface area (Å²) in [4.78, 5) is 38.6. The molecule has 0 saturated heterocycles. The van der Waals surface area contributed by atoms with Gasteiger partial charge >= 0.3 is 5.97 Å². The Bertz CT molecular complexity index is 831. The molecular formula is C18H14N2O4. The highest BCUT2D eigenvalue weighted by molar-refractivity contribution is 5.68. The highest BCUT2D eigenvalue weighted by Crippen LogP contribution is 2.24. The van der Waals surface area contributed by atoms with Crippen molar-refractivity contribution in [3.8, 4) is 0 Å². The summed E-state index contributed by atoms with van der Waals surface area (Å²) in [5.74, 6) is -0.909. The summed E-state index contributed by atoms with van der Waals surface area (Å²) < 4.78 is 0. The van der Waals surface area contributed by atoms with Crippen molar-refractivity contribution in [1.82, 2.24) is 0 Å². The summed E-state index contributed by atoms with van der Waals surface area (Å²) >= 11 is 0. The van der Waals surface area contributed by atoms with E-state index < -0.39 is 5.97 Å². The Balaban J connectivity index is 2.23. The van der Waals surface area contributed by atoms with E-state index in [1.165, 1.54) is 12.2 Å². The summed E-state index contributed by atoms with van der Waals surface area (Å²) in [5.41, 5.74) is 3.64. The lowest BCUT2D eigenvalue weighted by Crippen LogP contribution is -1.99. The van der Waals surface area contributed by atoms with E-state index in [0.717, 1.165) is 11.1 Å². The van der Waals surface area contributed by atoms with Crippen molar-refractivity contribution in [2.24, 2.45) is 9.98 Å². The molecule has 0 radical (unpaired) electrons. The number of carboxylic acids is 1. The summed E-state index contributed by atoms with van der Waals surface area (Å²) in [6, 6.07) is 12.5. The van der Waals surface area contributed by atoms with E-state index in [9.17, 15) is 14.4 Å². The van der Waals surface area contributed by atoms with Crippen LogP contribution in [0.4, 0.5) is 11.4 Å². The van der Waals surface area contributed by atoms with Crippen LogP contribution in [0, 0.1) is 0 Å². The first-order valence-electron chi connectivity index (χ1n) is 7.20. The first-order valence-corrected chi connectivity index (χ1v) is 7.20. The van der Waals surface area contributed by atoms with Crippen molar-refractivity contribution in [1.29, 1.82) is 0 Å². The Morgan fingerprint density at radius 2 is 1.62 bits per heavy atom. The fourth-order valence-electron chi connectivity index (χ4n) is 2.33. The number of rotatable bonds is 7. The van der Waals surface area contributed by atoms with E-state index in [-0.39, 0.29) is 12.8 Å². The quantitative estimate of drug-likeness (QED) is 0.625. The largest absolute Gasteiger partial charge is 0.481 e. The van der Waals surface area contributed by atoms with Crippen LogP contribution in [0.5, 0.6) is 0 Å². The summed E-state index contributed by atoms with van der Waals surface area (Å²) in [6.45, 7) is 0. The maximum atomic E-state index is 10.8. The minimum atomic E-state index is -0.909. The van der Waals surface area contributed by atoms with E-state index in [4.69, 9.17) is 5.11 Å². The Labute approximate surface area is 138 Å². The number of isocyanates is 2. The lowest BCUT2D eigenvalue weighted by molar-refractivity contribution is -0.136. The monoisotopic (exact) mass is 322 g/mol. The summed E-state index contributed by atoms with van der Waals surface area (Å²) in [7, 11) is 0. The maximum absolute atomic E-state index is 10.8. The number of aryl methyl sites for hydroxylation is 1. The molecule has 2 aromatic rings. The number of aliphatic imine (C=N–C) groups is 2. The zero-order chi connectivity index (χ0) is 17.4. The zero-order valence-corrected chi connectivity index (χ0v) is 12.7. The molecule has 0 saturated carbocycles. The first-order chi connectivity index (χ1) is 11.6. The van der Waals surface area contributed by atoms with E-state index in [1.54, 1.807) is 18.2 Å². The Morgan fingerprint density at radius 3 is 2.25 bits per heavy atom. The van der Waals surface area contributed by atoms with Crippen LogP contribution in [0.25, 0.3) is 0 Å². The van der Waals surface area contributed by atoms with Crippen molar-refractivity contribution in [3.63, 3.8) is 0 Å². The third-order valence-corrected chi connectivity index (χ3v) is 3.44. The molecule has 0 heterocycles. The number of carboxylic acid groups (broad SMARTS) is 1. The van der Waals surface area contributed by atoms with E-state index in [0.29, 0.717) is 23.4 Å². The molecule has 0 unspecified atom stereocenters. The van der Waals surface area contributed by atoms with Crippen molar-refractivity contribution in [3.05, 3.63) is 59.2 Å². The highest BCUT2D eigenvalue weighted by atomic mass is 16.4. The second-order valence-corrected chi connectivity index (χ2v) is 5.11. The van der Waals surface area contributed by atoms with E-state index >= 15 is 0 Å². The molecule has 6 nitrogen and oxygen atoms in total. The molecule has 120 valence electrons. The predicted molar refractivity (Wildman–Crippen MR) is 87.2 cm³/mol. The van der Waals surface area contributed by atoms with Gasteiger partial charge < -0.3 is 5.11 Å². The Morgan fingerprint density at radius 1 is 0.958 bits per heavy atom. The molecule has 2 aromatic carbocycles. The van der Waals surface area contributed by atoms with Gasteiger partial charge in [-0.2, -0.15) is 9.98 Å². The van der Waals surface area contributed by atoms with Gasteiger partial charge in [0.15, 0.2) is 0 Å². The molecule has 0 atom stereocenters. The van der Waals surface area contributed by atoms with Crippen LogP contribution in [0.3, 0.4) is 0 Å². The minimum absolute atomic E-state index is 0.0385. The number of benzene rings is 2. The molecule has 0 aliphatic carbocycles. The van der Waals surface area contributed by atoms with Gasteiger partial charge in [-0.1, -0.05) is 24.3 Å². The number of aliphatic carboxylic acids is 1. The van der Waals surface area contributed by atoms with Crippen LogP contribution < -0.4 is 0 Å². The van der Waals surface area contributed by atoms with Crippen LogP contribution in [0.15, 0.2) is 52.4 Å². The molecule has 6 heteroatoms. The van der Waals surface area contributed by atoms with Crippen molar-refractivity contribution in [2.45, 2.75) is 19.3 Å². The molecule has 0 fully saturated rings. The van der Waals surface area contributed by atoms with Crippen molar-refractivity contribution >= 4 is 29.5 Å². The summed E-state index contributed by atoms with van der Waals surface area (Å²) in [6.07, 6.45) is 3.84. The van der Waals surface area contributed by atoms with E-state index in [1.807, 2.05) is 24.3 Å². The maximum Gasteiger partial charge on any atom is 0.303 e. The second-order valence-electron chi connectivity index (χ2n) is 5.11. The Kier molecular flexibility index (Phi) is 5.92. The van der Waals surface area contributed by atoms with Crippen LogP contribution >= 0.6 is 0 Å². The molecule has 2 rings (SSSR count). The SMILES string of the molecule is O=C=Nc1ccc(Cc2ccc(N=C=O)c(CCC(=O)O)c2)cc1. The molecule has 0 bridgehead atoms. The van der Waals surface area contributed by atoms with Crippen molar-refractivity contribution in [2.75, 3.05) is 0 Å². The number of carbonyl (C=O) groups is 1. The smallest absolute Gasteiger partial charge is 0.303 e. The summed E-state index contributed by atoms with van der Waals surface area (Å²) in [5, 5.41) is 8.83. The van der Waals surface area contributed by atoms with Crippen LogP contribution in [0.2, 0.25) is 0 Å². The fraction of sp³-hybridized carbons (Fsp3) is 0.167. The molecule has 0 aliphatic heterocycles. The number of nitrogens with zero attached hydrogens (tertiary/aromatic N) is 2. The van der Waals surface area contributed by atoms with Gasteiger partial charge in [-0.25, -0.2) is 9.59 Å². The molecular weight excluding hydrogens is 308 g/mol. The first kappa shape index (κ1) is 17.0. The molecule has 1 N–H and O–H groups in total. The van der Waals surface area contributed by atoms with Crippen LogP contribution in [0.1, 0.15) is 23.1 Å². The lowest BCUT2D eigenvalue weighted by Gasteiger charge is -2.08. The van der Waals surface area contributed by atoms with Gasteiger partial charge in [0.2, 0.25) is 12.2 Å². The van der Waals surface area contributed by atoms with Gasteiger partial charge in [-0.05, 0) is 47.7 Å². The van der Waals surface area contributed by atoms with Gasteiger partial charge in [-0.3, -0.25) is 4.79 Å². The average Bonchev–Trinajstić information content (AvgIpc) is 2.57. The average molecular weight is 322 g/mol. The third-order valence-electron chi connectivity index (χ3n) is 3.44. The molecule has 0 aliphatic rings. The standard InChI is InChI=1S/C18H14N2O4/c21-11-19-16-5-1-13(2-6-16)9-14-3-7-17(20-12-22)15(10-14)4-8-18(23)24/h1-3,5-7,10H,4,8-9H2,(H,23,24). The third kappa shape index (κ3) is 4.85. The fourth-order valence-corrected chi connectivity index (χ4v) is 2.33. The van der Waals surface area contributed by atoms with E-state index in [2.05, 4.69) is 9.98 Å². The topological polar surface area (TPSA) is 96.2 Å². The minimum Gasteiger partial charge on any atom is -0.481 e. The lowest BCUT2D eigenvalue weighted by atomic mass is 9.99. The van der Waals surface area contributed by atoms with Gasteiger partial charge in [0, 0.05) is 6.42 Å². The van der Waals surface area contributed by atoms with Gasteiger partial charge in [0.1, 0.15) is 0 Å². The zero-order valence-electron chi connectivity index (χ0n) is 12.7. The highest BCUT2D eigenvalue weighted by Gasteiger charge is 2.07. The molecule has 0 amide bonds. The normalized spacial score (nSPS) is 9.67.